The van der Waals surface area contributed by atoms with Crippen LogP contribution in [0.4, 0.5) is 5.69 Å². The van der Waals surface area contributed by atoms with Crippen LogP contribution < -0.4 is 10.8 Å². The largest absolute Gasteiger partial charge is 0.375 e. The van der Waals surface area contributed by atoms with E-state index in [1.54, 1.807) is 0 Å². The number of thiocarbonyl (C=S) groups is 1. The van der Waals surface area contributed by atoms with Gasteiger partial charge in [0.1, 0.15) is 5.60 Å². The van der Waals surface area contributed by atoms with Gasteiger partial charge in [0.25, 0.3) is 5.17 Å². The molecule has 5 nitrogen and oxygen atoms in total. The van der Waals surface area contributed by atoms with Crippen LogP contribution in [0, 0.1) is 0 Å². The SMILES string of the molecule is CC(C)(C)c1ccc(C2=CC3(CCN(OC(=S)Nc4ccccc4)CC3)ON2)cc1. The zero-order valence-electron chi connectivity index (χ0n) is 17.8. The van der Waals surface area contributed by atoms with Crippen molar-refractivity contribution in [2.24, 2.45) is 0 Å². The maximum atomic E-state index is 6.02. The van der Waals surface area contributed by atoms with Gasteiger partial charge in [0.05, 0.1) is 5.70 Å². The number of nitrogens with one attached hydrogen (secondary N) is 2. The van der Waals surface area contributed by atoms with Crippen molar-refractivity contribution >= 4 is 28.8 Å². The summed E-state index contributed by atoms with van der Waals surface area (Å²) >= 11 is 5.33. The van der Waals surface area contributed by atoms with Crippen molar-refractivity contribution < 1.29 is 9.68 Å². The Hall–Kier alpha value is -2.41. The van der Waals surface area contributed by atoms with E-state index in [-0.39, 0.29) is 11.0 Å². The molecule has 0 amide bonds. The Morgan fingerprint density at radius 3 is 2.37 bits per heavy atom. The van der Waals surface area contributed by atoms with Crippen molar-refractivity contribution in [2.75, 3.05) is 18.4 Å². The van der Waals surface area contributed by atoms with Crippen molar-refractivity contribution in [1.29, 1.82) is 0 Å². The number of benzene rings is 2. The maximum absolute atomic E-state index is 6.02. The fourth-order valence-corrected chi connectivity index (χ4v) is 3.98. The van der Waals surface area contributed by atoms with Gasteiger partial charge >= 0.3 is 0 Å². The molecule has 2 aromatic rings. The average Bonchev–Trinajstić information content (AvgIpc) is 3.14. The van der Waals surface area contributed by atoms with E-state index in [1.165, 1.54) is 5.56 Å². The summed E-state index contributed by atoms with van der Waals surface area (Å²) < 4.78 is 0. The molecule has 4 rings (SSSR count). The highest BCUT2D eigenvalue weighted by Crippen LogP contribution is 2.35. The molecular weight excluding hydrogens is 394 g/mol. The maximum Gasteiger partial charge on any atom is 0.283 e. The summed E-state index contributed by atoms with van der Waals surface area (Å²) in [5.41, 5.74) is 7.42. The molecule has 0 saturated carbocycles. The smallest absolute Gasteiger partial charge is 0.283 e. The molecule has 2 aliphatic rings. The van der Waals surface area contributed by atoms with Crippen LogP contribution in [0.15, 0.2) is 60.7 Å². The number of rotatable bonds is 3. The number of nitrogens with zero attached hydrogens (tertiary/aromatic N) is 1. The lowest BCUT2D eigenvalue weighted by Gasteiger charge is -2.35. The zero-order chi connectivity index (χ0) is 21.2. The Labute approximate surface area is 184 Å². The van der Waals surface area contributed by atoms with E-state index >= 15 is 0 Å². The first-order chi connectivity index (χ1) is 14.3. The minimum Gasteiger partial charge on any atom is -0.375 e. The molecule has 1 saturated heterocycles. The van der Waals surface area contributed by atoms with Crippen LogP contribution in [0.2, 0.25) is 0 Å². The van der Waals surface area contributed by atoms with Crippen molar-refractivity contribution in [1.82, 2.24) is 10.5 Å². The van der Waals surface area contributed by atoms with E-state index < -0.39 is 0 Å². The van der Waals surface area contributed by atoms with E-state index in [0.29, 0.717) is 5.17 Å². The van der Waals surface area contributed by atoms with Crippen LogP contribution in [0.3, 0.4) is 0 Å². The van der Waals surface area contributed by atoms with Crippen LogP contribution in [0.5, 0.6) is 0 Å². The van der Waals surface area contributed by atoms with E-state index in [2.05, 4.69) is 61.9 Å². The van der Waals surface area contributed by atoms with E-state index in [4.69, 9.17) is 21.9 Å². The van der Waals surface area contributed by atoms with Gasteiger partial charge in [0.15, 0.2) is 0 Å². The molecule has 2 heterocycles. The highest BCUT2D eigenvalue weighted by molar-refractivity contribution is 7.80. The molecule has 1 spiro atoms. The Bertz CT molecular complexity index is 912. The zero-order valence-corrected chi connectivity index (χ0v) is 18.6. The molecule has 2 aromatic carbocycles. The third-order valence-electron chi connectivity index (χ3n) is 5.63. The number of hydroxylamine groups is 3. The third kappa shape index (κ3) is 4.83. The van der Waals surface area contributed by atoms with Gasteiger partial charge in [0, 0.05) is 18.8 Å². The van der Waals surface area contributed by atoms with Crippen LogP contribution in [-0.2, 0) is 15.1 Å². The number of para-hydroxylation sites is 1. The Balaban J connectivity index is 1.33. The average molecular weight is 424 g/mol. The number of hydrogen-bond acceptors (Lipinski definition) is 5. The van der Waals surface area contributed by atoms with Gasteiger partial charge in [-0.1, -0.05) is 63.2 Å². The second kappa shape index (κ2) is 8.38. The van der Waals surface area contributed by atoms with Crippen LogP contribution >= 0.6 is 12.2 Å². The molecule has 2 N–H and O–H groups in total. The van der Waals surface area contributed by atoms with Crippen LogP contribution in [0.1, 0.15) is 44.7 Å². The molecular formula is C24H29N3O2S. The molecule has 1 fully saturated rings. The lowest BCUT2D eigenvalue weighted by atomic mass is 9.86. The van der Waals surface area contributed by atoms with Crippen molar-refractivity contribution in [3.63, 3.8) is 0 Å². The predicted molar refractivity (Wildman–Crippen MR) is 125 cm³/mol. The lowest BCUT2D eigenvalue weighted by Crippen LogP contribution is -2.45. The lowest BCUT2D eigenvalue weighted by molar-refractivity contribution is -0.142. The van der Waals surface area contributed by atoms with Gasteiger partial charge in [-0.2, -0.15) is 0 Å². The van der Waals surface area contributed by atoms with Crippen molar-refractivity contribution in [3.05, 3.63) is 71.8 Å². The summed E-state index contributed by atoms with van der Waals surface area (Å²) in [7, 11) is 0. The molecule has 0 aliphatic carbocycles. The molecule has 6 heteroatoms. The topological polar surface area (TPSA) is 45.8 Å². The molecule has 0 unspecified atom stereocenters. The van der Waals surface area contributed by atoms with Gasteiger partial charge in [-0.05, 0) is 59.8 Å². The van der Waals surface area contributed by atoms with Crippen LogP contribution in [0.25, 0.3) is 5.70 Å². The Morgan fingerprint density at radius 2 is 1.73 bits per heavy atom. The van der Waals surface area contributed by atoms with Gasteiger partial charge in [-0.25, -0.2) is 0 Å². The number of piperidine rings is 1. The number of hydrogen-bond donors (Lipinski definition) is 2. The first-order valence-electron chi connectivity index (χ1n) is 10.4. The Kier molecular flexibility index (Phi) is 5.82. The van der Waals surface area contributed by atoms with Gasteiger partial charge in [0.2, 0.25) is 0 Å². The van der Waals surface area contributed by atoms with Gasteiger partial charge < -0.3 is 10.2 Å². The third-order valence-corrected chi connectivity index (χ3v) is 5.81. The highest BCUT2D eigenvalue weighted by Gasteiger charge is 2.39. The molecule has 0 aromatic heterocycles. The minimum absolute atomic E-state index is 0.149. The van der Waals surface area contributed by atoms with Gasteiger partial charge in [-0.3, -0.25) is 10.3 Å². The summed E-state index contributed by atoms with van der Waals surface area (Å²) in [6, 6.07) is 18.5. The van der Waals surface area contributed by atoms with Crippen molar-refractivity contribution in [2.45, 2.75) is 44.6 Å². The monoisotopic (exact) mass is 423 g/mol. The van der Waals surface area contributed by atoms with E-state index in [9.17, 15) is 0 Å². The van der Waals surface area contributed by atoms with Gasteiger partial charge in [-0.15, -0.1) is 5.06 Å². The predicted octanol–water partition coefficient (Wildman–Crippen LogP) is 5.02. The van der Waals surface area contributed by atoms with Crippen LogP contribution in [-0.4, -0.2) is 28.9 Å². The summed E-state index contributed by atoms with van der Waals surface area (Å²) in [5, 5.41) is 5.36. The molecule has 30 heavy (non-hydrogen) atoms. The molecule has 2 aliphatic heterocycles. The van der Waals surface area contributed by atoms with E-state index in [0.717, 1.165) is 42.9 Å². The first kappa shape index (κ1) is 20.8. The second-order valence-corrected chi connectivity index (χ2v) is 9.32. The quantitative estimate of drug-likeness (QED) is 0.676. The Morgan fingerprint density at radius 1 is 1.07 bits per heavy atom. The molecule has 0 atom stereocenters. The normalized spacial score (nSPS) is 18.6. The fraction of sp³-hybridized carbons (Fsp3) is 0.375. The second-order valence-electron chi connectivity index (χ2n) is 8.95. The summed E-state index contributed by atoms with van der Waals surface area (Å²) in [6.07, 6.45) is 3.88. The first-order valence-corrected chi connectivity index (χ1v) is 10.8. The number of anilines is 1. The summed E-state index contributed by atoms with van der Waals surface area (Å²) in [5.74, 6) is 0. The molecule has 158 valence electrons. The molecule has 0 radical (unpaired) electrons. The van der Waals surface area contributed by atoms with Crippen molar-refractivity contribution in [3.8, 4) is 0 Å². The molecule has 0 bridgehead atoms. The van der Waals surface area contributed by atoms with E-state index in [1.807, 2.05) is 35.4 Å². The standard InChI is InChI=1S/C24H29N3O2S/c1-23(2,3)19-11-9-18(10-12-19)21-17-24(29-26-21)13-15-27(16-14-24)28-22(30)25-20-7-5-4-6-8-20/h4-12,17,26H,13-16H2,1-3H3,(H,25,30). The summed E-state index contributed by atoms with van der Waals surface area (Å²) in [4.78, 5) is 11.8. The fourth-order valence-electron chi connectivity index (χ4n) is 3.75. The summed E-state index contributed by atoms with van der Waals surface area (Å²) in [6.45, 7) is 8.16. The minimum atomic E-state index is -0.299. The highest BCUT2D eigenvalue weighted by atomic mass is 32.1.